The minimum Gasteiger partial charge on any atom is -0.388 e. The van der Waals surface area contributed by atoms with Crippen molar-refractivity contribution in [3.63, 3.8) is 0 Å². The largest absolute Gasteiger partial charge is 0.388 e. The molecule has 0 radical (unpaired) electrons. The Morgan fingerprint density at radius 2 is 2.33 bits per heavy atom. The fourth-order valence-corrected chi connectivity index (χ4v) is 2.72. The van der Waals surface area contributed by atoms with Crippen LogP contribution in [0.2, 0.25) is 0 Å². The van der Waals surface area contributed by atoms with Crippen LogP contribution in [0.5, 0.6) is 0 Å². The standard InChI is InChI=1S/C13H13N3OS/c17-13(4-3-10-2-1-7-18-10)11-8-15-16-6-5-14-9-12(11)16/h1-2,5-9,13,17H,3-4H2. The summed E-state index contributed by atoms with van der Waals surface area (Å²) < 4.78 is 1.73. The zero-order valence-corrected chi connectivity index (χ0v) is 10.5. The molecule has 0 saturated heterocycles. The molecule has 3 heterocycles. The summed E-state index contributed by atoms with van der Waals surface area (Å²) in [4.78, 5) is 5.36. The average Bonchev–Trinajstić information content (AvgIpc) is 3.05. The highest BCUT2D eigenvalue weighted by atomic mass is 32.1. The van der Waals surface area contributed by atoms with Gasteiger partial charge in [0, 0.05) is 22.8 Å². The molecule has 1 unspecified atom stereocenters. The summed E-state index contributed by atoms with van der Waals surface area (Å²) in [7, 11) is 0. The molecule has 0 amide bonds. The van der Waals surface area contributed by atoms with E-state index in [1.165, 1.54) is 4.88 Å². The summed E-state index contributed by atoms with van der Waals surface area (Å²) in [6.45, 7) is 0. The first-order valence-corrected chi connectivity index (χ1v) is 6.70. The van der Waals surface area contributed by atoms with Gasteiger partial charge in [-0.1, -0.05) is 6.07 Å². The summed E-state index contributed by atoms with van der Waals surface area (Å²) in [6.07, 6.45) is 8.01. The number of aromatic nitrogens is 3. The minimum absolute atomic E-state index is 0.492. The van der Waals surface area contributed by atoms with Crippen LogP contribution in [0, 0.1) is 0 Å². The molecule has 3 aromatic rings. The number of nitrogens with zero attached hydrogens (tertiary/aromatic N) is 3. The minimum atomic E-state index is -0.492. The molecule has 1 N–H and O–H groups in total. The third kappa shape index (κ3) is 2.14. The van der Waals surface area contributed by atoms with Gasteiger partial charge in [0.2, 0.25) is 0 Å². The number of fused-ring (bicyclic) bond motifs is 1. The lowest BCUT2D eigenvalue weighted by Gasteiger charge is -2.08. The molecule has 0 saturated carbocycles. The molecular formula is C13H13N3OS. The first-order valence-electron chi connectivity index (χ1n) is 5.82. The monoisotopic (exact) mass is 259 g/mol. The molecule has 0 aliphatic heterocycles. The van der Waals surface area contributed by atoms with Crippen molar-refractivity contribution in [2.75, 3.05) is 0 Å². The first kappa shape index (κ1) is 11.4. The molecule has 5 heteroatoms. The van der Waals surface area contributed by atoms with Crippen LogP contribution in [0.1, 0.15) is 23.0 Å². The number of aliphatic hydroxyl groups is 1. The van der Waals surface area contributed by atoms with Gasteiger partial charge in [0.25, 0.3) is 0 Å². The van der Waals surface area contributed by atoms with Crippen molar-refractivity contribution >= 4 is 16.9 Å². The Labute approximate surface area is 109 Å². The fraction of sp³-hybridized carbons (Fsp3) is 0.231. The predicted octanol–water partition coefficient (Wildman–Crippen LogP) is 2.46. The SMILES string of the molecule is OC(CCc1cccs1)c1cnn2ccncc12. The average molecular weight is 259 g/mol. The maximum atomic E-state index is 10.2. The second-order valence-corrected chi connectivity index (χ2v) is 5.17. The van der Waals surface area contributed by atoms with Crippen LogP contribution in [0.15, 0.2) is 42.3 Å². The highest BCUT2D eigenvalue weighted by molar-refractivity contribution is 7.09. The predicted molar refractivity (Wildman–Crippen MR) is 70.6 cm³/mol. The van der Waals surface area contributed by atoms with Crippen LogP contribution in [0.3, 0.4) is 0 Å². The van der Waals surface area contributed by atoms with Crippen LogP contribution in [0.4, 0.5) is 0 Å². The van der Waals surface area contributed by atoms with E-state index in [-0.39, 0.29) is 0 Å². The summed E-state index contributed by atoms with van der Waals surface area (Å²) in [5.41, 5.74) is 1.72. The van der Waals surface area contributed by atoms with Crippen LogP contribution >= 0.6 is 11.3 Å². The van der Waals surface area contributed by atoms with Gasteiger partial charge >= 0.3 is 0 Å². The van der Waals surface area contributed by atoms with Gasteiger partial charge in [0.15, 0.2) is 0 Å². The van der Waals surface area contributed by atoms with E-state index in [1.807, 2.05) is 6.07 Å². The van der Waals surface area contributed by atoms with Crippen molar-refractivity contribution in [1.29, 1.82) is 0 Å². The highest BCUT2D eigenvalue weighted by Gasteiger charge is 2.13. The first-order chi connectivity index (χ1) is 8.84. The van der Waals surface area contributed by atoms with Crippen molar-refractivity contribution in [2.45, 2.75) is 18.9 Å². The third-order valence-corrected chi connectivity index (χ3v) is 3.89. The number of hydrogen-bond donors (Lipinski definition) is 1. The normalized spacial score (nSPS) is 12.9. The van der Waals surface area contributed by atoms with E-state index in [9.17, 15) is 5.11 Å². The zero-order chi connectivity index (χ0) is 12.4. The van der Waals surface area contributed by atoms with E-state index in [0.717, 1.165) is 17.5 Å². The molecule has 0 aliphatic carbocycles. The topological polar surface area (TPSA) is 50.4 Å². The van der Waals surface area contributed by atoms with Crippen LogP contribution in [0.25, 0.3) is 5.52 Å². The summed E-state index contributed by atoms with van der Waals surface area (Å²) >= 11 is 1.72. The van der Waals surface area contributed by atoms with Crippen molar-refractivity contribution in [3.8, 4) is 0 Å². The molecule has 92 valence electrons. The number of hydrogen-bond acceptors (Lipinski definition) is 4. The Morgan fingerprint density at radius 3 is 3.17 bits per heavy atom. The molecule has 3 aromatic heterocycles. The highest BCUT2D eigenvalue weighted by Crippen LogP contribution is 2.23. The van der Waals surface area contributed by atoms with Crippen LogP contribution in [-0.2, 0) is 6.42 Å². The van der Waals surface area contributed by atoms with Crippen LogP contribution < -0.4 is 0 Å². The maximum Gasteiger partial charge on any atom is 0.0902 e. The molecule has 18 heavy (non-hydrogen) atoms. The number of aliphatic hydroxyl groups excluding tert-OH is 1. The van der Waals surface area contributed by atoms with Crippen molar-refractivity contribution in [1.82, 2.24) is 14.6 Å². The van der Waals surface area contributed by atoms with E-state index in [1.54, 1.807) is 40.6 Å². The quantitative estimate of drug-likeness (QED) is 0.783. The lowest BCUT2D eigenvalue weighted by molar-refractivity contribution is 0.169. The van der Waals surface area contributed by atoms with Gasteiger partial charge < -0.3 is 5.11 Å². The van der Waals surface area contributed by atoms with E-state index < -0.39 is 6.10 Å². The summed E-state index contributed by atoms with van der Waals surface area (Å²) in [6, 6.07) is 4.13. The smallest absolute Gasteiger partial charge is 0.0902 e. The molecule has 4 nitrogen and oxygen atoms in total. The summed E-state index contributed by atoms with van der Waals surface area (Å²) in [5, 5.41) is 16.5. The number of thiophene rings is 1. The van der Waals surface area contributed by atoms with Gasteiger partial charge in [-0.25, -0.2) is 4.52 Å². The molecule has 0 aromatic carbocycles. The molecule has 0 aliphatic rings. The molecule has 3 rings (SSSR count). The summed E-state index contributed by atoms with van der Waals surface area (Å²) in [5.74, 6) is 0. The van der Waals surface area contributed by atoms with Crippen molar-refractivity contribution < 1.29 is 5.11 Å². The van der Waals surface area contributed by atoms with E-state index in [4.69, 9.17) is 0 Å². The number of aryl methyl sites for hydroxylation is 1. The van der Waals surface area contributed by atoms with Gasteiger partial charge in [-0.2, -0.15) is 5.10 Å². The van der Waals surface area contributed by atoms with Crippen LogP contribution in [-0.4, -0.2) is 19.7 Å². The Kier molecular flexibility index (Phi) is 3.08. The maximum absolute atomic E-state index is 10.2. The van der Waals surface area contributed by atoms with E-state index in [2.05, 4.69) is 21.5 Å². The Morgan fingerprint density at radius 1 is 1.39 bits per heavy atom. The molecule has 1 atom stereocenters. The Hall–Kier alpha value is -1.72. The van der Waals surface area contributed by atoms with Gasteiger partial charge in [-0.05, 0) is 24.3 Å². The molecular weight excluding hydrogens is 246 g/mol. The zero-order valence-electron chi connectivity index (χ0n) is 9.73. The Bertz CT molecular complexity index is 633. The van der Waals surface area contributed by atoms with Gasteiger partial charge in [0.1, 0.15) is 0 Å². The third-order valence-electron chi connectivity index (χ3n) is 2.96. The Balaban J connectivity index is 1.77. The lowest BCUT2D eigenvalue weighted by atomic mass is 10.1. The van der Waals surface area contributed by atoms with Crippen molar-refractivity contribution in [2.24, 2.45) is 0 Å². The molecule has 0 spiro atoms. The second kappa shape index (κ2) is 4.88. The lowest BCUT2D eigenvalue weighted by Crippen LogP contribution is -1.99. The van der Waals surface area contributed by atoms with E-state index in [0.29, 0.717) is 6.42 Å². The van der Waals surface area contributed by atoms with Gasteiger partial charge in [-0.15, -0.1) is 11.3 Å². The van der Waals surface area contributed by atoms with Gasteiger partial charge in [-0.3, -0.25) is 4.98 Å². The second-order valence-electron chi connectivity index (χ2n) is 4.14. The molecule has 0 bridgehead atoms. The van der Waals surface area contributed by atoms with Gasteiger partial charge in [0.05, 0.1) is 24.0 Å². The van der Waals surface area contributed by atoms with E-state index >= 15 is 0 Å². The fourth-order valence-electron chi connectivity index (χ4n) is 2.00. The molecule has 0 fully saturated rings. The van der Waals surface area contributed by atoms with Crippen molar-refractivity contribution in [3.05, 3.63) is 52.7 Å². The number of rotatable bonds is 4.